The van der Waals surface area contributed by atoms with Crippen molar-refractivity contribution in [2.45, 2.75) is 13.0 Å². The zero-order chi connectivity index (χ0) is 12.2. The number of hydrogen-bond acceptors (Lipinski definition) is 6. The zero-order valence-corrected chi connectivity index (χ0v) is 9.47. The first-order chi connectivity index (χ1) is 8.92. The number of pyridine rings is 1. The van der Waals surface area contributed by atoms with Crippen LogP contribution in [-0.2, 0) is 13.0 Å². The van der Waals surface area contributed by atoms with E-state index in [0.29, 0.717) is 24.7 Å². The molecule has 0 bridgehead atoms. The summed E-state index contributed by atoms with van der Waals surface area (Å²) in [6.45, 7) is 0.710. The van der Waals surface area contributed by atoms with E-state index in [-0.39, 0.29) is 0 Å². The molecule has 3 aromatic heterocycles. The van der Waals surface area contributed by atoms with E-state index in [0.717, 1.165) is 5.56 Å². The van der Waals surface area contributed by atoms with Crippen molar-refractivity contribution in [1.82, 2.24) is 29.9 Å². The van der Waals surface area contributed by atoms with Crippen LogP contribution in [0, 0.1) is 0 Å². The van der Waals surface area contributed by atoms with E-state index >= 15 is 0 Å². The lowest BCUT2D eigenvalue weighted by molar-refractivity contribution is 0.372. The number of aryl methyl sites for hydroxylation is 2. The average molecular weight is 242 g/mol. The van der Waals surface area contributed by atoms with Crippen LogP contribution in [0.25, 0.3) is 11.4 Å². The van der Waals surface area contributed by atoms with Crippen LogP contribution in [-0.4, -0.2) is 29.9 Å². The van der Waals surface area contributed by atoms with Crippen molar-refractivity contribution in [3.63, 3.8) is 0 Å². The van der Waals surface area contributed by atoms with Crippen LogP contribution in [0.3, 0.4) is 0 Å². The van der Waals surface area contributed by atoms with Gasteiger partial charge in [-0.3, -0.25) is 4.98 Å². The monoisotopic (exact) mass is 242 g/mol. The van der Waals surface area contributed by atoms with E-state index in [9.17, 15) is 0 Å². The molecule has 0 aliphatic rings. The molecule has 0 fully saturated rings. The molecule has 0 aliphatic carbocycles. The van der Waals surface area contributed by atoms with Gasteiger partial charge in [-0.25, -0.2) is 0 Å². The summed E-state index contributed by atoms with van der Waals surface area (Å²) in [5.74, 6) is 1.14. The zero-order valence-electron chi connectivity index (χ0n) is 9.47. The molecule has 0 amide bonds. The third-order valence-electron chi connectivity index (χ3n) is 2.44. The van der Waals surface area contributed by atoms with Crippen molar-refractivity contribution >= 4 is 0 Å². The van der Waals surface area contributed by atoms with Gasteiger partial charge in [0.05, 0.1) is 0 Å². The third kappa shape index (κ3) is 2.24. The Balaban J connectivity index is 1.70. The molecular formula is C11H10N6O. The summed E-state index contributed by atoms with van der Waals surface area (Å²) in [7, 11) is 0. The first kappa shape index (κ1) is 10.6. The minimum atomic E-state index is 0.557. The fourth-order valence-corrected chi connectivity index (χ4v) is 1.53. The van der Waals surface area contributed by atoms with E-state index in [2.05, 4.69) is 25.3 Å². The maximum atomic E-state index is 5.17. The Morgan fingerprint density at radius 2 is 2.11 bits per heavy atom. The molecular weight excluding hydrogens is 232 g/mol. The average Bonchev–Trinajstić information content (AvgIpc) is 3.09. The largest absolute Gasteiger partial charge is 0.339 e. The normalized spacial score (nSPS) is 10.7. The molecule has 90 valence electrons. The first-order valence-corrected chi connectivity index (χ1v) is 5.47. The van der Waals surface area contributed by atoms with Gasteiger partial charge in [-0.05, 0) is 12.1 Å². The van der Waals surface area contributed by atoms with Crippen molar-refractivity contribution < 1.29 is 4.52 Å². The maximum absolute atomic E-state index is 5.17. The highest BCUT2D eigenvalue weighted by Crippen LogP contribution is 2.13. The molecule has 0 aromatic carbocycles. The predicted molar refractivity (Wildman–Crippen MR) is 61.3 cm³/mol. The molecule has 3 heterocycles. The van der Waals surface area contributed by atoms with Crippen LogP contribution in [0.1, 0.15) is 5.89 Å². The lowest BCUT2D eigenvalue weighted by Gasteiger charge is -1.95. The number of aromatic nitrogens is 6. The standard InChI is InChI=1S/C11H10N6O/c1-2-9(6-12-4-1)11-15-10(18-16-11)3-5-17-7-13-14-8-17/h1-2,4,6-8H,3,5H2. The third-order valence-corrected chi connectivity index (χ3v) is 2.44. The molecule has 0 saturated heterocycles. The summed E-state index contributed by atoms with van der Waals surface area (Å²) < 4.78 is 7.03. The number of nitrogens with zero attached hydrogens (tertiary/aromatic N) is 6. The molecule has 0 N–H and O–H groups in total. The van der Waals surface area contributed by atoms with Gasteiger partial charge >= 0.3 is 0 Å². The molecule has 0 spiro atoms. The summed E-state index contributed by atoms with van der Waals surface area (Å²) in [6, 6.07) is 3.73. The van der Waals surface area contributed by atoms with Gasteiger partial charge in [-0.15, -0.1) is 10.2 Å². The summed E-state index contributed by atoms with van der Waals surface area (Å²) in [5.41, 5.74) is 0.844. The van der Waals surface area contributed by atoms with E-state index in [4.69, 9.17) is 4.52 Å². The Morgan fingerprint density at radius 3 is 2.89 bits per heavy atom. The number of hydrogen-bond donors (Lipinski definition) is 0. The van der Waals surface area contributed by atoms with Crippen LogP contribution < -0.4 is 0 Å². The highest BCUT2D eigenvalue weighted by Gasteiger charge is 2.08. The lowest BCUT2D eigenvalue weighted by atomic mass is 10.3. The van der Waals surface area contributed by atoms with E-state index in [1.54, 1.807) is 25.0 Å². The van der Waals surface area contributed by atoms with Crippen molar-refractivity contribution in [2.24, 2.45) is 0 Å². The lowest BCUT2D eigenvalue weighted by Crippen LogP contribution is -1.98. The van der Waals surface area contributed by atoms with Crippen molar-refractivity contribution in [3.05, 3.63) is 43.1 Å². The summed E-state index contributed by atoms with van der Waals surface area (Å²) in [5, 5.41) is 11.4. The van der Waals surface area contributed by atoms with E-state index in [1.165, 1.54) is 0 Å². The highest BCUT2D eigenvalue weighted by molar-refractivity contribution is 5.51. The van der Waals surface area contributed by atoms with Gasteiger partial charge in [0.2, 0.25) is 11.7 Å². The minimum absolute atomic E-state index is 0.557. The molecule has 0 atom stereocenters. The summed E-state index contributed by atoms with van der Waals surface area (Å²) in [4.78, 5) is 8.32. The van der Waals surface area contributed by atoms with Crippen molar-refractivity contribution in [2.75, 3.05) is 0 Å². The van der Waals surface area contributed by atoms with Gasteiger partial charge in [-0.2, -0.15) is 4.98 Å². The van der Waals surface area contributed by atoms with Crippen LogP contribution in [0.2, 0.25) is 0 Å². The molecule has 0 unspecified atom stereocenters. The van der Waals surface area contributed by atoms with Gasteiger partial charge in [0, 0.05) is 30.9 Å². The van der Waals surface area contributed by atoms with Crippen molar-refractivity contribution in [1.29, 1.82) is 0 Å². The van der Waals surface area contributed by atoms with E-state index in [1.807, 2.05) is 16.7 Å². The smallest absolute Gasteiger partial charge is 0.228 e. The fraction of sp³-hybridized carbons (Fsp3) is 0.182. The Kier molecular flexibility index (Phi) is 2.79. The molecule has 3 rings (SSSR count). The predicted octanol–water partition coefficient (Wildman–Crippen LogP) is 0.966. The fourth-order valence-electron chi connectivity index (χ4n) is 1.53. The van der Waals surface area contributed by atoms with E-state index < -0.39 is 0 Å². The minimum Gasteiger partial charge on any atom is -0.339 e. The highest BCUT2D eigenvalue weighted by atomic mass is 16.5. The van der Waals surface area contributed by atoms with Gasteiger partial charge in [0.1, 0.15) is 12.7 Å². The summed E-state index contributed by atoms with van der Waals surface area (Å²) in [6.07, 6.45) is 7.35. The Bertz CT molecular complexity index is 604. The topological polar surface area (TPSA) is 82.5 Å². The molecule has 7 heteroatoms. The Hall–Kier alpha value is -2.57. The molecule has 3 aromatic rings. The molecule has 7 nitrogen and oxygen atoms in total. The van der Waals surface area contributed by atoms with Gasteiger partial charge in [-0.1, -0.05) is 5.16 Å². The molecule has 0 radical (unpaired) electrons. The molecule has 0 aliphatic heterocycles. The second kappa shape index (κ2) is 4.74. The molecule has 18 heavy (non-hydrogen) atoms. The second-order valence-corrected chi connectivity index (χ2v) is 3.70. The van der Waals surface area contributed by atoms with Crippen molar-refractivity contribution in [3.8, 4) is 11.4 Å². The second-order valence-electron chi connectivity index (χ2n) is 3.70. The van der Waals surface area contributed by atoms with Crippen LogP contribution in [0.4, 0.5) is 0 Å². The van der Waals surface area contributed by atoms with Crippen LogP contribution in [0.5, 0.6) is 0 Å². The quantitative estimate of drug-likeness (QED) is 0.677. The Morgan fingerprint density at radius 1 is 1.22 bits per heavy atom. The van der Waals surface area contributed by atoms with Gasteiger partial charge < -0.3 is 9.09 Å². The number of rotatable bonds is 4. The van der Waals surface area contributed by atoms with Gasteiger partial charge in [0.15, 0.2) is 0 Å². The summed E-state index contributed by atoms with van der Waals surface area (Å²) >= 11 is 0. The SMILES string of the molecule is c1cncc(-c2noc(CCn3cnnc3)n2)c1. The Labute approximate surface area is 103 Å². The first-order valence-electron chi connectivity index (χ1n) is 5.47. The van der Waals surface area contributed by atoms with Gasteiger partial charge in [0.25, 0.3) is 0 Å². The maximum Gasteiger partial charge on any atom is 0.228 e. The molecule has 0 saturated carbocycles. The van der Waals surface area contributed by atoms with Crippen LogP contribution >= 0.6 is 0 Å². The van der Waals surface area contributed by atoms with Crippen LogP contribution in [0.15, 0.2) is 41.7 Å².